The zero-order valence-corrected chi connectivity index (χ0v) is 27.2. The molecule has 1 N–H and O–H groups in total. The molecule has 0 saturated heterocycles. The smallest absolute Gasteiger partial charge is 0.235 e. The van der Waals surface area contributed by atoms with Crippen LogP contribution in [-0.2, 0) is 0 Å². The highest BCUT2D eigenvalue weighted by atomic mass is 15.2. The topological polar surface area (TPSA) is 47.7 Å². The highest BCUT2D eigenvalue weighted by Crippen LogP contribution is 2.39. The van der Waals surface area contributed by atoms with Crippen molar-refractivity contribution in [2.24, 2.45) is 0 Å². The number of nitrogens with one attached hydrogen (secondary N) is 1. The number of rotatable bonds is 5. The van der Waals surface area contributed by atoms with Crippen molar-refractivity contribution in [3.8, 4) is 45.3 Å². The van der Waals surface area contributed by atoms with E-state index in [1.165, 1.54) is 43.5 Å². The van der Waals surface area contributed by atoms with Gasteiger partial charge in [-0.05, 0) is 53.6 Å². The zero-order chi connectivity index (χ0) is 33.0. The van der Waals surface area contributed by atoms with Crippen molar-refractivity contribution in [3.63, 3.8) is 0 Å². The minimum Gasteiger partial charge on any atom is -0.386 e. The molecule has 50 heavy (non-hydrogen) atoms. The number of hydrogen-bond donors (Lipinski definition) is 1. The Morgan fingerprint density at radius 1 is 0.500 bits per heavy atom. The van der Waals surface area contributed by atoms with Gasteiger partial charge in [0.2, 0.25) is 5.95 Å². The van der Waals surface area contributed by atoms with E-state index < -0.39 is 0 Å². The first-order valence-corrected chi connectivity index (χ1v) is 17.0. The first kappa shape index (κ1) is 28.3. The minimum absolute atomic E-state index is 0.644. The molecule has 9 aromatic rings. The predicted octanol–water partition coefficient (Wildman–Crippen LogP) is 8.64. The largest absolute Gasteiger partial charge is 0.386 e. The van der Waals surface area contributed by atoms with E-state index in [-0.39, 0.29) is 0 Å². The lowest BCUT2D eigenvalue weighted by Gasteiger charge is -2.12. The van der Waals surface area contributed by atoms with E-state index in [2.05, 4.69) is 172 Å². The fourth-order valence-electron chi connectivity index (χ4n) is 7.55. The number of benzene rings is 6. The van der Waals surface area contributed by atoms with Gasteiger partial charge in [-0.15, -0.1) is 0 Å². The van der Waals surface area contributed by atoms with Crippen LogP contribution in [0.25, 0.3) is 90.3 Å². The highest BCUT2D eigenvalue weighted by Gasteiger charge is 2.19. The van der Waals surface area contributed by atoms with E-state index in [0.717, 1.165) is 45.6 Å². The van der Waals surface area contributed by atoms with E-state index in [4.69, 9.17) is 9.97 Å². The Kier molecular flexibility index (Phi) is 6.49. The maximum Gasteiger partial charge on any atom is 0.235 e. The van der Waals surface area contributed by atoms with Crippen molar-refractivity contribution < 1.29 is 0 Å². The Labute approximate surface area is 288 Å². The summed E-state index contributed by atoms with van der Waals surface area (Å²) in [6.07, 6.45) is 4.38. The van der Waals surface area contributed by atoms with Crippen LogP contribution < -0.4 is 15.9 Å². The summed E-state index contributed by atoms with van der Waals surface area (Å²) >= 11 is 0. The van der Waals surface area contributed by atoms with Crippen molar-refractivity contribution in [2.75, 3.05) is 6.54 Å². The lowest BCUT2D eigenvalue weighted by molar-refractivity contribution is 0.919. The molecule has 0 saturated carbocycles. The number of aromatic nitrogens is 4. The van der Waals surface area contributed by atoms with Crippen LogP contribution in [-0.4, -0.2) is 25.6 Å². The second kappa shape index (κ2) is 11.5. The molecule has 5 nitrogen and oxygen atoms in total. The fraction of sp³-hybridized carbons (Fsp3) is 0.0222. The summed E-state index contributed by atoms with van der Waals surface area (Å²) in [6, 6.07) is 55.7. The first-order chi connectivity index (χ1) is 24.8. The number of hydrogen-bond acceptors (Lipinski definition) is 3. The number of fused-ring (bicyclic) bond motifs is 6. The molecule has 1 aliphatic rings. The maximum atomic E-state index is 5.20. The standard InChI is InChI=1S/C45H31N5/c1-4-13-30(14-5-1)38-28-39(31-15-6-2-7-16-31)48-45(47-38)50-41-24-23-32(27-37(41)35-25-26-46-29-43(35)50)34-20-12-22-42-44(34)36-19-10-11-21-40(36)49(42)33-17-8-3-9-18-33/h1-25,27-29,46H,26H2. The van der Waals surface area contributed by atoms with Gasteiger partial charge in [-0.2, -0.15) is 0 Å². The Hall–Kier alpha value is -6.72. The van der Waals surface area contributed by atoms with E-state index in [9.17, 15) is 0 Å². The monoisotopic (exact) mass is 641 g/mol. The third-order valence-electron chi connectivity index (χ3n) is 9.78. The van der Waals surface area contributed by atoms with Crippen molar-refractivity contribution in [2.45, 2.75) is 0 Å². The van der Waals surface area contributed by atoms with Crippen molar-refractivity contribution in [1.29, 1.82) is 0 Å². The number of nitrogens with zero attached hydrogens (tertiary/aromatic N) is 4. The Balaban J connectivity index is 1.22. The molecule has 236 valence electrons. The molecule has 0 atom stereocenters. The Morgan fingerprint density at radius 2 is 1.14 bits per heavy atom. The van der Waals surface area contributed by atoms with Gasteiger partial charge in [-0.25, -0.2) is 9.97 Å². The van der Waals surface area contributed by atoms with E-state index in [1.54, 1.807) is 0 Å². The predicted molar refractivity (Wildman–Crippen MR) is 206 cm³/mol. The second-order valence-electron chi connectivity index (χ2n) is 12.7. The molecule has 4 heterocycles. The molecule has 6 aromatic carbocycles. The Morgan fingerprint density at radius 3 is 1.88 bits per heavy atom. The van der Waals surface area contributed by atoms with Crippen molar-refractivity contribution in [1.82, 2.24) is 24.4 Å². The van der Waals surface area contributed by atoms with E-state index in [0.29, 0.717) is 5.95 Å². The molecule has 0 amide bonds. The van der Waals surface area contributed by atoms with E-state index in [1.807, 2.05) is 12.1 Å². The summed E-state index contributed by atoms with van der Waals surface area (Å²) in [5.41, 5.74) is 10.9. The third-order valence-corrected chi connectivity index (χ3v) is 9.78. The van der Waals surface area contributed by atoms with E-state index >= 15 is 0 Å². The van der Waals surface area contributed by atoms with Crippen LogP contribution in [0.15, 0.2) is 158 Å². The number of para-hydroxylation sites is 2. The van der Waals surface area contributed by atoms with Crippen LogP contribution in [0.5, 0.6) is 0 Å². The average molecular weight is 642 g/mol. The highest BCUT2D eigenvalue weighted by molar-refractivity contribution is 6.16. The van der Waals surface area contributed by atoms with Crippen molar-refractivity contribution >= 4 is 45.0 Å². The van der Waals surface area contributed by atoms with Gasteiger partial charge in [0.1, 0.15) is 0 Å². The van der Waals surface area contributed by atoms with Crippen LogP contribution in [0.3, 0.4) is 0 Å². The molecule has 5 heteroatoms. The molecule has 0 fully saturated rings. The molecule has 10 rings (SSSR count). The van der Waals surface area contributed by atoms with Gasteiger partial charge in [0.15, 0.2) is 0 Å². The molecule has 0 bridgehead atoms. The quantitative estimate of drug-likeness (QED) is 0.205. The van der Waals surface area contributed by atoms with Crippen molar-refractivity contribution in [3.05, 3.63) is 168 Å². The van der Waals surface area contributed by atoms with Crippen LogP contribution in [0.2, 0.25) is 0 Å². The second-order valence-corrected chi connectivity index (χ2v) is 12.7. The third kappa shape index (κ3) is 4.48. The molecule has 0 unspecified atom stereocenters. The molecular weight excluding hydrogens is 611 g/mol. The lowest BCUT2D eigenvalue weighted by atomic mass is 9.98. The summed E-state index contributed by atoms with van der Waals surface area (Å²) in [5, 5.41) is 9.36. The Bertz CT molecular complexity index is 2790. The summed E-state index contributed by atoms with van der Waals surface area (Å²) in [4.78, 5) is 10.4. The summed E-state index contributed by atoms with van der Waals surface area (Å²) in [5.74, 6) is 0.644. The van der Waals surface area contributed by atoms with Gasteiger partial charge in [0.05, 0.1) is 33.3 Å². The molecule has 0 spiro atoms. The SMILES string of the molecule is C1=c2c(n(-c3nc(-c4ccccc4)cc(-c4ccccc4)n3)c3ccc(-c4cccc5c4c4ccccc4n5-c4ccccc4)cc23)=CNC1. The molecule has 0 aliphatic carbocycles. The summed E-state index contributed by atoms with van der Waals surface area (Å²) in [7, 11) is 0. The van der Waals surface area contributed by atoms with Crippen LogP contribution in [0.4, 0.5) is 0 Å². The fourth-order valence-corrected chi connectivity index (χ4v) is 7.55. The lowest BCUT2D eigenvalue weighted by Crippen LogP contribution is -2.36. The normalized spacial score (nSPS) is 12.4. The van der Waals surface area contributed by atoms with Gasteiger partial charge in [-0.3, -0.25) is 4.57 Å². The van der Waals surface area contributed by atoms with Gasteiger partial charge < -0.3 is 9.88 Å². The molecule has 0 radical (unpaired) electrons. The van der Waals surface area contributed by atoms with Crippen LogP contribution in [0, 0.1) is 0 Å². The van der Waals surface area contributed by atoms with Gasteiger partial charge in [0, 0.05) is 50.9 Å². The minimum atomic E-state index is 0.644. The zero-order valence-electron chi connectivity index (χ0n) is 27.2. The van der Waals surface area contributed by atoms with Crippen LogP contribution >= 0.6 is 0 Å². The maximum absolute atomic E-state index is 5.20. The van der Waals surface area contributed by atoms with Crippen LogP contribution in [0.1, 0.15) is 0 Å². The van der Waals surface area contributed by atoms with Gasteiger partial charge >= 0.3 is 0 Å². The average Bonchev–Trinajstić information content (AvgIpc) is 3.71. The molecule has 3 aromatic heterocycles. The first-order valence-electron chi connectivity index (χ1n) is 17.0. The van der Waals surface area contributed by atoms with Gasteiger partial charge in [0.25, 0.3) is 0 Å². The van der Waals surface area contributed by atoms with Gasteiger partial charge in [-0.1, -0.05) is 121 Å². The molecular formula is C45H31N5. The summed E-state index contributed by atoms with van der Waals surface area (Å²) < 4.78 is 4.58. The summed E-state index contributed by atoms with van der Waals surface area (Å²) in [6.45, 7) is 0.761. The molecule has 1 aliphatic heterocycles.